The first kappa shape index (κ1) is 22.5. The fraction of sp³-hybridized carbons (Fsp3) is 0.850. The van der Waals surface area contributed by atoms with E-state index in [0.29, 0.717) is 50.6 Å². The van der Waals surface area contributed by atoms with Gasteiger partial charge in [-0.1, -0.05) is 32.1 Å². The molecule has 160 valence electrons. The normalized spacial score (nSPS) is 19.5. The van der Waals surface area contributed by atoms with E-state index in [4.69, 9.17) is 5.73 Å². The molecule has 2 saturated carbocycles. The number of nitrogens with one attached hydrogen (secondary N) is 3. The summed E-state index contributed by atoms with van der Waals surface area (Å²) in [6.07, 6.45) is 10.3. The predicted octanol–water partition coefficient (Wildman–Crippen LogP) is 1.73. The van der Waals surface area contributed by atoms with Crippen LogP contribution in [0.15, 0.2) is 0 Å². The van der Waals surface area contributed by atoms with Crippen molar-refractivity contribution >= 4 is 17.9 Å². The molecule has 0 aromatic heterocycles. The predicted molar refractivity (Wildman–Crippen MR) is 107 cm³/mol. The molecule has 2 atom stereocenters. The van der Waals surface area contributed by atoms with Crippen LogP contribution in [0.25, 0.3) is 0 Å². The molecule has 0 spiro atoms. The zero-order valence-electron chi connectivity index (χ0n) is 16.8. The first-order valence-corrected chi connectivity index (χ1v) is 10.8. The summed E-state index contributed by atoms with van der Waals surface area (Å²) in [7, 11) is 0. The van der Waals surface area contributed by atoms with Crippen molar-refractivity contribution in [3.63, 3.8) is 0 Å². The summed E-state index contributed by atoms with van der Waals surface area (Å²) in [5, 5.41) is 17.5. The van der Waals surface area contributed by atoms with E-state index in [1.165, 1.54) is 6.42 Å². The fourth-order valence-corrected chi connectivity index (χ4v) is 3.79. The van der Waals surface area contributed by atoms with Gasteiger partial charge in [0.15, 0.2) is 0 Å². The number of unbranched alkanes of at least 4 members (excludes halogenated alkanes) is 1. The number of amides is 3. The Bertz CT molecular complexity index is 518. The largest absolute Gasteiger partial charge is 0.480 e. The van der Waals surface area contributed by atoms with E-state index in [1.54, 1.807) is 0 Å². The summed E-state index contributed by atoms with van der Waals surface area (Å²) in [4.78, 5) is 36.4. The molecule has 2 fully saturated rings. The third-order valence-corrected chi connectivity index (χ3v) is 5.73. The van der Waals surface area contributed by atoms with Gasteiger partial charge in [0.25, 0.3) is 0 Å². The van der Waals surface area contributed by atoms with Gasteiger partial charge in [-0.3, -0.25) is 4.79 Å². The van der Waals surface area contributed by atoms with E-state index in [-0.39, 0.29) is 5.91 Å². The van der Waals surface area contributed by atoms with Crippen LogP contribution in [0.3, 0.4) is 0 Å². The molecule has 0 aromatic rings. The molecule has 2 aliphatic rings. The van der Waals surface area contributed by atoms with E-state index in [1.807, 2.05) is 0 Å². The van der Waals surface area contributed by atoms with Gasteiger partial charge in [-0.25, -0.2) is 9.59 Å². The summed E-state index contributed by atoms with van der Waals surface area (Å²) in [5.41, 5.74) is 5.44. The van der Waals surface area contributed by atoms with Gasteiger partial charge >= 0.3 is 12.0 Å². The van der Waals surface area contributed by atoms with E-state index < -0.39 is 24.1 Å². The van der Waals surface area contributed by atoms with E-state index in [2.05, 4.69) is 16.0 Å². The van der Waals surface area contributed by atoms with Crippen LogP contribution in [0.2, 0.25) is 0 Å². The Labute approximate surface area is 167 Å². The van der Waals surface area contributed by atoms with Crippen LogP contribution >= 0.6 is 0 Å². The van der Waals surface area contributed by atoms with Crippen LogP contribution in [0.1, 0.15) is 70.6 Å². The zero-order chi connectivity index (χ0) is 20.4. The molecule has 0 aliphatic heterocycles. The summed E-state index contributed by atoms with van der Waals surface area (Å²) >= 11 is 0. The minimum Gasteiger partial charge on any atom is -0.480 e. The standard InChI is InChI=1S/C20H36N4O4/c21-11-5-4-8-16(19(26)27)23-20(28)24-17(12-14-6-2-1-3-7-14)18(25)22-13-15-9-10-15/h14-17H,1-13,21H2,(H,22,25)(H,26,27)(H2,23,24,28)/t16?,17-/m1/s1. The van der Waals surface area contributed by atoms with Crippen molar-refractivity contribution in [1.29, 1.82) is 0 Å². The number of hydrogen-bond donors (Lipinski definition) is 5. The maximum Gasteiger partial charge on any atom is 0.326 e. The Morgan fingerprint density at radius 3 is 2.21 bits per heavy atom. The molecule has 8 nitrogen and oxygen atoms in total. The van der Waals surface area contributed by atoms with Crippen molar-refractivity contribution in [2.75, 3.05) is 13.1 Å². The Morgan fingerprint density at radius 1 is 0.929 bits per heavy atom. The lowest BCUT2D eigenvalue weighted by Crippen LogP contribution is -2.54. The van der Waals surface area contributed by atoms with E-state index in [9.17, 15) is 19.5 Å². The minimum absolute atomic E-state index is 0.164. The van der Waals surface area contributed by atoms with Crippen LogP contribution in [0.4, 0.5) is 4.79 Å². The van der Waals surface area contributed by atoms with Gasteiger partial charge in [0, 0.05) is 6.54 Å². The van der Waals surface area contributed by atoms with Crippen molar-refractivity contribution in [3.05, 3.63) is 0 Å². The highest BCUT2D eigenvalue weighted by molar-refractivity contribution is 5.88. The number of carbonyl (C=O) groups excluding carboxylic acids is 2. The number of rotatable bonds is 12. The highest BCUT2D eigenvalue weighted by Gasteiger charge is 2.29. The maximum atomic E-state index is 12.6. The lowest BCUT2D eigenvalue weighted by Gasteiger charge is -2.27. The Hall–Kier alpha value is -1.83. The topological polar surface area (TPSA) is 134 Å². The highest BCUT2D eigenvalue weighted by atomic mass is 16.4. The smallest absolute Gasteiger partial charge is 0.326 e. The number of carboxylic acids is 1. The molecule has 0 radical (unpaired) electrons. The second-order valence-corrected chi connectivity index (χ2v) is 8.27. The van der Waals surface area contributed by atoms with Gasteiger partial charge in [0.2, 0.25) is 5.91 Å². The lowest BCUT2D eigenvalue weighted by molar-refractivity contribution is -0.139. The van der Waals surface area contributed by atoms with Crippen molar-refractivity contribution < 1.29 is 19.5 Å². The second-order valence-electron chi connectivity index (χ2n) is 8.27. The van der Waals surface area contributed by atoms with Gasteiger partial charge in [0.1, 0.15) is 12.1 Å². The van der Waals surface area contributed by atoms with Crippen LogP contribution in [0, 0.1) is 11.8 Å². The molecule has 28 heavy (non-hydrogen) atoms. The highest BCUT2D eigenvalue weighted by Crippen LogP contribution is 2.29. The van der Waals surface area contributed by atoms with Crippen LogP contribution in [-0.2, 0) is 9.59 Å². The number of hydrogen-bond acceptors (Lipinski definition) is 4. The zero-order valence-corrected chi connectivity index (χ0v) is 16.8. The minimum atomic E-state index is -1.07. The number of urea groups is 1. The summed E-state index contributed by atoms with van der Waals surface area (Å²) in [6, 6.07) is -2.20. The molecule has 0 bridgehead atoms. The number of aliphatic carboxylic acids is 1. The van der Waals surface area contributed by atoms with Gasteiger partial charge in [-0.05, 0) is 56.9 Å². The molecule has 2 rings (SSSR count). The summed E-state index contributed by atoms with van der Waals surface area (Å²) in [6.45, 7) is 1.14. The average molecular weight is 397 g/mol. The lowest BCUT2D eigenvalue weighted by atomic mass is 9.84. The average Bonchev–Trinajstić information content (AvgIpc) is 3.50. The first-order chi connectivity index (χ1) is 13.5. The molecule has 0 heterocycles. The number of carboxylic acid groups (broad SMARTS) is 1. The van der Waals surface area contributed by atoms with Gasteiger partial charge in [0.05, 0.1) is 0 Å². The van der Waals surface area contributed by atoms with Crippen molar-refractivity contribution in [3.8, 4) is 0 Å². The number of carbonyl (C=O) groups is 3. The molecule has 0 saturated heterocycles. The second kappa shape index (κ2) is 11.9. The molecule has 3 amide bonds. The van der Waals surface area contributed by atoms with Crippen molar-refractivity contribution in [2.45, 2.75) is 82.7 Å². The third kappa shape index (κ3) is 8.46. The fourth-order valence-electron chi connectivity index (χ4n) is 3.79. The number of nitrogens with two attached hydrogens (primary N) is 1. The Morgan fingerprint density at radius 2 is 1.61 bits per heavy atom. The first-order valence-electron chi connectivity index (χ1n) is 10.8. The van der Waals surface area contributed by atoms with E-state index >= 15 is 0 Å². The maximum absolute atomic E-state index is 12.6. The molecule has 6 N–H and O–H groups in total. The van der Waals surface area contributed by atoms with Gasteiger partial charge in [-0.2, -0.15) is 0 Å². The molecular weight excluding hydrogens is 360 g/mol. The van der Waals surface area contributed by atoms with Crippen LogP contribution in [-0.4, -0.2) is 48.2 Å². The molecular formula is C20H36N4O4. The summed E-state index contributed by atoms with van der Waals surface area (Å²) < 4.78 is 0. The summed E-state index contributed by atoms with van der Waals surface area (Å²) in [5.74, 6) is -0.255. The Kier molecular flexibility index (Phi) is 9.54. The van der Waals surface area contributed by atoms with Crippen molar-refractivity contribution in [1.82, 2.24) is 16.0 Å². The molecule has 2 aliphatic carbocycles. The van der Waals surface area contributed by atoms with Crippen molar-refractivity contribution in [2.24, 2.45) is 17.6 Å². The molecule has 0 aromatic carbocycles. The molecule has 8 heteroatoms. The quantitative estimate of drug-likeness (QED) is 0.320. The van der Waals surface area contributed by atoms with Crippen LogP contribution in [0.5, 0.6) is 0 Å². The SMILES string of the molecule is NCCCCC(NC(=O)N[C@H](CC1CCCCC1)C(=O)NCC1CC1)C(=O)O. The third-order valence-electron chi connectivity index (χ3n) is 5.73. The monoisotopic (exact) mass is 396 g/mol. The molecule has 1 unspecified atom stereocenters. The Balaban J connectivity index is 1.88. The van der Waals surface area contributed by atoms with Crippen LogP contribution < -0.4 is 21.7 Å². The van der Waals surface area contributed by atoms with Gasteiger partial charge < -0.3 is 26.8 Å². The van der Waals surface area contributed by atoms with Gasteiger partial charge in [-0.15, -0.1) is 0 Å². The van der Waals surface area contributed by atoms with E-state index in [0.717, 1.165) is 38.5 Å².